The Bertz CT molecular complexity index is 3130. The first-order valence-electron chi connectivity index (χ1n) is 20.3. The zero-order chi connectivity index (χ0) is 43.2. The van der Waals surface area contributed by atoms with Gasteiger partial charge in [-0.2, -0.15) is 5.10 Å². The first-order valence-corrected chi connectivity index (χ1v) is 20.3. The number of aromatic amines is 1. The summed E-state index contributed by atoms with van der Waals surface area (Å²) in [5.41, 5.74) is 5.52. The van der Waals surface area contributed by atoms with E-state index in [0.29, 0.717) is 18.2 Å². The smallest absolute Gasteiger partial charge is 0.571 e. The molecular formula is C47H40BN13O2Pt. The molecule has 2 aliphatic heterocycles. The predicted octanol–water partition coefficient (Wildman–Crippen LogP) is 5.47. The van der Waals surface area contributed by atoms with E-state index in [1.165, 1.54) is 0 Å². The van der Waals surface area contributed by atoms with Crippen molar-refractivity contribution < 1.29 is 30.4 Å². The molecule has 0 spiro atoms. The van der Waals surface area contributed by atoms with Gasteiger partial charge in [0.05, 0.1) is 34.2 Å². The minimum Gasteiger partial charge on any atom is -0.571 e. The normalized spacial score (nSPS) is 14.2. The molecule has 0 saturated carbocycles. The third-order valence-corrected chi connectivity index (χ3v) is 10.8. The average Bonchev–Trinajstić information content (AvgIpc) is 4.17. The summed E-state index contributed by atoms with van der Waals surface area (Å²) in [6, 6.07) is 37.0. The zero-order valence-corrected chi connectivity index (χ0v) is 37.5. The molecule has 6 aromatic heterocycles. The van der Waals surface area contributed by atoms with Crippen LogP contribution in [0.3, 0.4) is 0 Å². The molecular weight excluding hydrogens is 984 g/mol. The van der Waals surface area contributed by atoms with Crippen LogP contribution >= 0.6 is 0 Å². The quantitative estimate of drug-likeness (QED) is 0.219. The molecule has 0 bridgehead atoms. The van der Waals surface area contributed by atoms with Gasteiger partial charge in [-0.1, -0.05) is 84.2 Å². The van der Waals surface area contributed by atoms with Crippen LogP contribution in [0, 0.1) is 0 Å². The van der Waals surface area contributed by atoms with Gasteiger partial charge in [-0.25, -0.2) is 29.9 Å². The molecule has 0 aliphatic carbocycles. The van der Waals surface area contributed by atoms with E-state index in [9.17, 15) is 0 Å². The fourth-order valence-electron chi connectivity index (χ4n) is 6.89. The molecule has 8 heterocycles. The Labute approximate surface area is 382 Å². The first kappa shape index (κ1) is 43.5. The van der Waals surface area contributed by atoms with Crippen molar-refractivity contribution in [2.75, 3.05) is 6.54 Å². The van der Waals surface area contributed by atoms with Gasteiger partial charge < -0.3 is 29.7 Å². The van der Waals surface area contributed by atoms with Gasteiger partial charge >= 0.3 is 28.2 Å². The van der Waals surface area contributed by atoms with E-state index in [1.807, 2.05) is 125 Å². The second kappa shape index (κ2) is 19.1. The molecule has 0 radical (unpaired) electrons. The Hall–Kier alpha value is -7.13. The third-order valence-electron chi connectivity index (χ3n) is 10.8. The summed E-state index contributed by atoms with van der Waals surface area (Å²) in [6.07, 6.45) is 10.3. The standard InChI is InChI=1S/C13H17BN2O2.C12H9N3.2C11H7N4.Pt/c1-12(2)13(3,4)18-14(17-12)11-9-7-5-6-8-10(9)15-16-11;1-2-5-11-9(4-1)10(8-15-11)12-13-6-3-7-14-12;2*1-2-5-9-8(4-1)10(15-14-9)11-12-6-3-7-13-11;/h5-8H,1-4H3,(H,15,16);1-7H,8H2;2*1-7H;/q;;2*-1;+2. The zero-order valence-electron chi connectivity index (χ0n) is 35.2. The summed E-state index contributed by atoms with van der Waals surface area (Å²) in [6.45, 7) is 8.87. The summed E-state index contributed by atoms with van der Waals surface area (Å²) in [5.74, 6) is 2.02. The van der Waals surface area contributed by atoms with Crippen LogP contribution in [0.4, 0.5) is 0 Å². The summed E-state index contributed by atoms with van der Waals surface area (Å²) in [5, 5.41) is 28.8. The van der Waals surface area contributed by atoms with Crippen molar-refractivity contribution in [1.82, 2.24) is 60.5 Å². The fourth-order valence-corrected chi connectivity index (χ4v) is 6.89. The van der Waals surface area contributed by atoms with Crippen molar-refractivity contribution in [3.05, 3.63) is 169 Å². The largest absolute Gasteiger partial charge is 2.00 e. The maximum Gasteiger partial charge on any atom is 2.00 e. The van der Waals surface area contributed by atoms with Crippen LogP contribution in [-0.4, -0.2) is 75.2 Å². The second-order valence-electron chi connectivity index (χ2n) is 15.4. The monoisotopic (exact) mass is 1020 g/mol. The number of nitrogens with one attached hydrogen (secondary N) is 1. The Morgan fingerprint density at radius 2 is 0.953 bits per heavy atom. The van der Waals surface area contributed by atoms with Crippen LogP contribution in [0.15, 0.2) is 157 Å². The Balaban J connectivity index is 0.000000116. The SMILES string of the molecule is CC1(C)OB(c2[nH]nc3ccccc23)OC1(C)C.[Pt+2].c1cnc(-c2[n-]nc3ccccc23)nc1.c1cnc(-c2[n-]nc3ccccc23)nc1.c1cnc(C2=c3ccccc3=NC2)nc1. The Kier molecular flexibility index (Phi) is 13.0. The molecule has 15 nitrogen and oxygen atoms in total. The third kappa shape index (κ3) is 9.16. The van der Waals surface area contributed by atoms with E-state index in [-0.39, 0.29) is 39.4 Å². The van der Waals surface area contributed by atoms with Gasteiger partial charge in [-0.3, -0.25) is 10.1 Å². The summed E-state index contributed by atoms with van der Waals surface area (Å²) < 4.78 is 12.0. The van der Waals surface area contributed by atoms with Crippen LogP contribution in [0.1, 0.15) is 33.5 Å². The topological polar surface area (TPSA) is 191 Å². The van der Waals surface area contributed by atoms with E-state index in [1.54, 1.807) is 49.3 Å². The van der Waals surface area contributed by atoms with E-state index in [0.717, 1.165) is 71.7 Å². The number of nitrogens with zero attached hydrogens (tertiary/aromatic N) is 12. The van der Waals surface area contributed by atoms with Crippen LogP contribution < -0.4 is 26.4 Å². The number of rotatable bonds is 4. The summed E-state index contributed by atoms with van der Waals surface area (Å²) in [4.78, 5) is 29.6. The maximum absolute atomic E-state index is 6.02. The van der Waals surface area contributed by atoms with Gasteiger partial charge in [0.1, 0.15) is 11.6 Å². The number of benzene rings is 4. The molecule has 0 unspecified atom stereocenters. The molecule has 2 aliphatic rings. The van der Waals surface area contributed by atoms with Crippen LogP contribution in [-0.2, 0) is 30.4 Å². The van der Waals surface area contributed by atoms with Crippen molar-refractivity contribution in [1.29, 1.82) is 0 Å². The molecule has 0 atom stereocenters. The van der Waals surface area contributed by atoms with Crippen LogP contribution in [0.2, 0.25) is 0 Å². The van der Waals surface area contributed by atoms with Crippen LogP contribution in [0.25, 0.3) is 61.3 Å². The summed E-state index contributed by atoms with van der Waals surface area (Å²) in [7, 11) is -0.387. The number of aromatic nitrogens is 12. The predicted molar refractivity (Wildman–Crippen MR) is 241 cm³/mol. The van der Waals surface area contributed by atoms with Crippen molar-refractivity contribution in [3.63, 3.8) is 0 Å². The van der Waals surface area contributed by atoms with E-state index in [4.69, 9.17) is 9.31 Å². The van der Waals surface area contributed by atoms with E-state index in [2.05, 4.69) is 71.6 Å². The molecule has 10 aromatic rings. The van der Waals surface area contributed by atoms with Gasteiger partial charge in [-0.05, 0) is 80.9 Å². The molecule has 64 heavy (non-hydrogen) atoms. The van der Waals surface area contributed by atoms with Crippen molar-refractivity contribution in [2.24, 2.45) is 4.99 Å². The first-order chi connectivity index (χ1) is 30.8. The molecule has 1 fully saturated rings. The average molecular weight is 1020 g/mol. The van der Waals surface area contributed by atoms with Gasteiger partial charge in [0, 0.05) is 64.4 Å². The Morgan fingerprint density at radius 1 is 0.516 bits per heavy atom. The number of H-pyrrole nitrogens is 1. The van der Waals surface area contributed by atoms with Gasteiger partial charge in [0.25, 0.3) is 0 Å². The Morgan fingerprint density at radius 3 is 1.48 bits per heavy atom. The van der Waals surface area contributed by atoms with Crippen molar-refractivity contribution in [2.45, 2.75) is 38.9 Å². The summed E-state index contributed by atoms with van der Waals surface area (Å²) >= 11 is 0. The minimum atomic E-state index is -0.387. The van der Waals surface area contributed by atoms with E-state index >= 15 is 0 Å². The molecule has 17 heteroatoms. The maximum atomic E-state index is 6.02. The van der Waals surface area contributed by atoms with Crippen molar-refractivity contribution >= 4 is 51.0 Å². The number of para-hydroxylation sites is 2. The van der Waals surface area contributed by atoms with Crippen molar-refractivity contribution in [3.8, 4) is 23.0 Å². The van der Waals surface area contributed by atoms with Gasteiger partial charge in [0.15, 0.2) is 5.82 Å². The molecule has 4 aromatic carbocycles. The molecule has 1 saturated heterocycles. The molecule has 318 valence electrons. The van der Waals surface area contributed by atoms with Crippen LogP contribution in [0.5, 0.6) is 0 Å². The van der Waals surface area contributed by atoms with Gasteiger partial charge in [-0.15, -0.1) is 0 Å². The molecule has 1 N–H and O–H groups in total. The second-order valence-corrected chi connectivity index (χ2v) is 15.4. The molecule has 12 rings (SSSR count). The molecule has 0 amide bonds. The number of hydrogen-bond donors (Lipinski definition) is 1. The fraction of sp³-hybridized carbons (Fsp3) is 0.149. The number of fused-ring (bicyclic) bond motifs is 4. The van der Waals surface area contributed by atoms with Gasteiger partial charge in [0.2, 0.25) is 0 Å². The van der Waals surface area contributed by atoms with E-state index < -0.39 is 0 Å². The number of hydrogen-bond acceptors (Lipinski definition) is 12. The minimum absolute atomic E-state index is 0.